The zero-order valence-corrected chi connectivity index (χ0v) is 20.3. The molecule has 2 aliphatic rings. The van der Waals surface area contributed by atoms with Crippen molar-refractivity contribution in [2.45, 2.75) is 35.2 Å². The van der Waals surface area contributed by atoms with E-state index in [2.05, 4.69) is 40.7 Å². The highest BCUT2D eigenvalue weighted by Gasteiger charge is 2.46. The number of rotatable bonds is 3. The predicted molar refractivity (Wildman–Crippen MR) is 137 cm³/mol. The molecule has 0 unspecified atom stereocenters. The normalized spacial score (nSPS) is 18.7. The summed E-state index contributed by atoms with van der Waals surface area (Å²) >= 11 is 7.65. The van der Waals surface area contributed by atoms with Gasteiger partial charge in [0.2, 0.25) is 5.95 Å². The average molecular weight is 504 g/mol. The number of hydrogen-bond donors (Lipinski definition) is 3. The van der Waals surface area contributed by atoms with Gasteiger partial charge in [0, 0.05) is 30.2 Å². The Balaban J connectivity index is 1.19. The molecule has 1 spiro atoms. The molecule has 1 saturated heterocycles. The summed E-state index contributed by atoms with van der Waals surface area (Å²) in [5.74, 6) is 1.05. The zero-order chi connectivity index (χ0) is 24.2. The second kappa shape index (κ2) is 8.37. The minimum absolute atomic E-state index is 0.0253. The number of nitrogens with two attached hydrogens (primary N) is 2. The number of nitrogen functional groups attached to an aromatic ring is 1. The fraction of sp³-hybridized carbons (Fsp3) is 0.292. The van der Waals surface area contributed by atoms with E-state index in [9.17, 15) is 0 Å². The lowest BCUT2D eigenvalue weighted by Gasteiger charge is -2.42. The van der Waals surface area contributed by atoms with Crippen LogP contribution in [-0.4, -0.2) is 38.0 Å². The highest BCUT2D eigenvalue weighted by molar-refractivity contribution is 7.99. The van der Waals surface area contributed by atoms with E-state index in [1.54, 1.807) is 18.5 Å². The average Bonchev–Trinajstić information content (AvgIpc) is 3.41. The molecule has 11 heteroatoms. The standard InChI is InChI=1S/C24H22ClN9S/c1-28-14-3-2-13-11-24(19(26)15(13)10-14)5-8-34(9-6-24)23-32-21-22(33-23)31-17(12-30-21)35-16-4-7-29-20(27)18(16)25/h2-4,7,10,12,19H,5-6,8-9,11,26H2,(H2,27,29)(H,30,31,32,33)/t19-/m1/s1. The fourth-order valence-corrected chi connectivity index (χ4v) is 6.19. The van der Waals surface area contributed by atoms with E-state index in [1.165, 1.54) is 17.3 Å². The third-order valence-corrected chi connectivity index (χ3v) is 8.60. The first-order chi connectivity index (χ1) is 17.0. The minimum atomic E-state index is -0.0472. The highest BCUT2D eigenvalue weighted by atomic mass is 35.5. The van der Waals surface area contributed by atoms with Gasteiger partial charge in [-0.05, 0) is 41.9 Å². The van der Waals surface area contributed by atoms with Gasteiger partial charge in [-0.3, -0.25) is 0 Å². The molecule has 5 N–H and O–H groups in total. The van der Waals surface area contributed by atoms with Gasteiger partial charge in [0.1, 0.15) is 10.8 Å². The Morgan fingerprint density at radius 3 is 2.83 bits per heavy atom. The van der Waals surface area contributed by atoms with Crippen molar-refractivity contribution in [3.63, 3.8) is 0 Å². The Hall–Kier alpha value is -3.39. The molecule has 3 aromatic heterocycles. The molecule has 0 amide bonds. The molecule has 9 nitrogen and oxygen atoms in total. The number of pyridine rings is 1. The summed E-state index contributed by atoms with van der Waals surface area (Å²) in [5, 5.41) is 1.09. The van der Waals surface area contributed by atoms with Crippen LogP contribution in [0.1, 0.15) is 30.0 Å². The fourth-order valence-electron chi connectivity index (χ4n) is 5.17. The molecule has 0 saturated carbocycles. The van der Waals surface area contributed by atoms with E-state index in [0.29, 0.717) is 27.0 Å². The molecular formula is C24H22ClN9S. The Morgan fingerprint density at radius 1 is 1.20 bits per heavy atom. The number of nitrogens with one attached hydrogen (secondary N) is 1. The van der Waals surface area contributed by atoms with Crippen LogP contribution in [0.2, 0.25) is 5.02 Å². The SMILES string of the molecule is [C-]#[N+]c1ccc2c(c1)[C@@H](N)C1(CCN(c3nc4ncc(Sc5ccnc(N)c5Cl)nc4[nH]3)CC1)C2. The van der Waals surface area contributed by atoms with Gasteiger partial charge in [-0.25, -0.2) is 19.8 Å². The molecule has 1 aliphatic heterocycles. The monoisotopic (exact) mass is 503 g/mol. The number of H-pyrrole nitrogens is 1. The largest absolute Gasteiger partial charge is 0.382 e. The van der Waals surface area contributed by atoms with Crippen LogP contribution < -0.4 is 16.4 Å². The number of piperidine rings is 1. The van der Waals surface area contributed by atoms with Gasteiger partial charge in [0.15, 0.2) is 17.0 Å². The van der Waals surface area contributed by atoms with Crippen LogP contribution >= 0.6 is 23.4 Å². The molecule has 176 valence electrons. The smallest absolute Gasteiger partial charge is 0.206 e. The molecule has 4 aromatic rings. The molecule has 1 fully saturated rings. The van der Waals surface area contributed by atoms with Crippen molar-refractivity contribution in [3.8, 4) is 0 Å². The van der Waals surface area contributed by atoms with Crippen LogP contribution in [0.3, 0.4) is 0 Å². The van der Waals surface area contributed by atoms with Gasteiger partial charge < -0.3 is 21.4 Å². The molecule has 4 heterocycles. The Bertz CT molecular complexity index is 1490. The summed E-state index contributed by atoms with van der Waals surface area (Å²) in [7, 11) is 0. The van der Waals surface area contributed by atoms with Crippen LogP contribution in [0, 0.1) is 12.0 Å². The van der Waals surface area contributed by atoms with Gasteiger partial charge in [0.05, 0.1) is 17.8 Å². The lowest BCUT2D eigenvalue weighted by molar-refractivity contribution is 0.187. The van der Waals surface area contributed by atoms with Crippen LogP contribution in [0.15, 0.2) is 46.6 Å². The molecule has 0 bridgehead atoms. The Morgan fingerprint density at radius 2 is 2.03 bits per heavy atom. The molecule has 35 heavy (non-hydrogen) atoms. The van der Waals surface area contributed by atoms with Crippen molar-refractivity contribution in [1.82, 2.24) is 24.9 Å². The third kappa shape index (κ3) is 3.76. The Labute approximate surface area is 211 Å². The van der Waals surface area contributed by atoms with Crippen molar-refractivity contribution in [2.75, 3.05) is 23.7 Å². The lowest BCUT2D eigenvalue weighted by Crippen LogP contribution is -2.44. The first-order valence-corrected chi connectivity index (χ1v) is 12.5. The lowest BCUT2D eigenvalue weighted by atomic mass is 9.73. The minimum Gasteiger partial charge on any atom is -0.382 e. The number of halogens is 1. The van der Waals surface area contributed by atoms with Crippen molar-refractivity contribution < 1.29 is 0 Å². The van der Waals surface area contributed by atoms with E-state index in [0.717, 1.165) is 48.8 Å². The number of benzene rings is 1. The summed E-state index contributed by atoms with van der Waals surface area (Å²) in [6.07, 6.45) is 6.17. The maximum Gasteiger partial charge on any atom is 0.206 e. The summed E-state index contributed by atoms with van der Waals surface area (Å²) in [6.45, 7) is 8.98. The van der Waals surface area contributed by atoms with Gasteiger partial charge in [-0.2, -0.15) is 4.98 Å². The molecule has 6 rings (SSSR count). The number of nitrogens with zero attached hydrogens (tertiary/aromatic N) is 6. The van der Waals surface area contributed by atoms with Crippen molar-refractivity contribution in [1.29, 1.82) is 0 Å². The van der Waals surface area contributed by atoms with E-state index in [1.807, 2.05) is 12.1 Å². The number of aromatic amines is 1. The van der Waals surface area contributed by atoms with Crippen LogP contribution in [0.25, 0.3) is 16.1 Å². The van der Waals surface area contributed by atoms with Crippen molar-refractivity contribution in [3.05, 3.63) is 64.2 Å². The van der Waals surface area contributed by atoms with Crippen molar-refractivity contribution >= 4 is 52.1 Å². The Kier molecular flexibility index (Phi) is 5.29. The second-order valence-corrected chi connectivity index (χ2v) is 10.5. The zero-order valence-electron chi connectivity index (χ0n) is 18.7. The topological polar surface area (TPSA) is 127 Å². The molecule has 1 aromatic carbocycles. The molecule has 0 radical (unpaired) electrons. The molecule has 1 atom stereocenters. The van der Waals surface area contributed by atoms with Gasteiger partial charge >= 0.3 is 0 Å². The van der Waals surface area contributed by atoms with E-state index >= 15 is 0 Å². The van der Waals surface area contributed by atoms with E-state index in [-0.39, 0.29) is 17.3 Å². The molecule has 1 aliphatic carbocycles. The number of fused-ring (bicyclic) bond motifs is 2. The van der Waals surface area contributed by atoms with Crippen LogP contribution in [-0.2, 0) is 6.42 Å². The first kappa shape index (κ1) is 22.1. The summed E-state index contributed by atoms with van der Waals surface area (Å²) < 4.78 is 0. The predicted octanol–water partition coefficient (Wildman–Crippen LogP) is 4.53. The summed E-state index contributed by atoms with van der Waals surface area (Å²) in [6, 6.07) is 7.68. The van der Waals surface area contributed by atoms with Crippen LogP contribution in [0.4, 0.5) is 17.5 Å². The van der Waals surface area contributed by atoms with Crippen LogP contribution in [0.5, 0.6) is 0 Å². The number of aromatic nitrogens is 5. The quantitative estimate of drug-likeness (QED) is 0.348. The maximum absolute atomic E-state index is 7.31. The van der Waals surface area contributed by atoms with Gasteiger partial charge in [-0.15, -0.1) is 0 Å². The number of anilines is 2. The van der Waals surface area contributed by atoms with E-state index in [4.69, 9.17) is 29.6 Å². The van der Waals surface area contributed by atoms with Gasteiger partial charge in [0.25, 0.3) is 0 Å². The second-order valence-electron chi connectivity index (χ2n) is 9.05. The highest BCUT2D eigenvalue weighted by Crippen LogP contribution is 2.51. The first-order valence-electron chi connectivity index (χ1n) is 11.3. The van der Waals surface area contributed by atoms with E-state index < -0.39 is 0 Å². The third-order valence-electron chi connectivity index (χ3n) is 7.12. The number of hydrogen-bond acceptors (Lipinski definition) is 8. The van der Waals surface area contributed by atoms with Gasteiger partial charge in [-0.1, -0.05) is 41.6 Å². The molecular weight excluding hydrogens is 482 g/mol. The maximum atomic E-state index is 7.31. The number of imidazole rings is 1. The summed E-state index contributed by atoms with van der Waals surface area (Å²) in [4.78, 5) is 27.7. The summed E-state index contributed by atoms with van der Waals surface area (Å²) in [5.41, 5.74) is 16.8. The van der Waals surface area contributed by atoms with Crippen molar-refractivity contribution in [2.24, 2.45) is 11.1 Å².